The Hall–Kier alpha value is -3.33. The van der Waals surface area contributed by atoms with Gasteiger partial charge in [0, 0.05) is 29.7 Å². The van der Waals surface area contributed by atoms with E-state index in [1.165, 1.54) is 0 Å². The van der Waals surface area contributed by atoms with Gasteiger partial charge >= 0.3 is 6.03 Å². The first-order valence-corrected chi connectivity index (χ1v) is 9.82. The predicted molar refractivity (Wildman–Crippen MR) is 104 cm³/mol. The van der Waals surface area contributed by atoms with Crippen LogP contribution in [0.1, 0.15) is 11.1 Å². The van der Waals surface area contributed by atoms with Crippen molar-refractivity contribution in [2.24, 2.45) is 0 Å². The molecule has 0 spiro atoms. The third kappa shape index (κ3) is 5.86. The van der Waals surface area contributed by atoms with Crippen molar-refractivity contribution in [2.45, 2.75) is 12.3 Å². The average Bonchev–Trinajstić information content (AvgIpc) is 3.15. The number of H-pyrrole nitrogens is 1. The molecule has 0 atom stereocenters. The molecule has 0 aliphatic heterocycles. The van der Waals surface area contributed by atoms with Crippen molar-refractivity contribution in [3.63, 3.8) is 0 Å². The summed E-state index contributed by atoms with van der Waals surface area (Å²) in [7, 11) is -3.52. The number of carbonyl (C=O) groups excluding carboxylic acids is 1. The smallest absolute Gasteiger partial charge is 0.319 e. The van der Waals surface area contributed by atoms with Gasteiger partial charge in [-0.1, -0.05) is 30.3 Å². The van der Waals surface area contributed by atoms with Crippen LogP contribution in [0.4, 0.5) is 16.2 Å². The molecule has 1 aromatic heterocycles. The highest BCUT2D eigenvalue weighted by atomic mass is 32.2. The van der Waals surface area contributed by atoms with E-state index in [2.05, 4.69) is 25.6 Å². The molecule has 3 aromatic rings. The molecular weight excluding hydrogens is 366 g/mol. The molecule has 3 rings (SSSR count). The molecule has 0 aliphatic carbocycles. The lowest BCUT2D eigenvalue weighted by Gasteiger charge is -2.10. The lowest BCUT2D eigenvalue weighted by Crippen LogP contribution is -2.28. The summed E-state index contributed by atoms with van der Waals surface area (Å²) in [5.41, 5.74) is 2.53. The number of amides is 2. The van der Waals surface area contributed by atoms with Crippen LogP contribution in [0.15, 0.2) is 67.0 Å². The number of rotatable bonds is 7. The zero-order valence-corrected chi connectivity index (χ0v) is 15.2. The van der Waals surface area contributed by atoms with Crippen molar-refractivity contribution >= 4 is 27.4 Å². The molecule has 1 heterocycles. The summed E-state index contributed by atoms with van der Waals surface area (Å²) in [6, 6.07) is 15.0. The predicted octanol–water partition coefficient (Wildman–Crippen LogP) is 2.67. The first-order valence-electron chi connectivity index (χ1n) is 8.17. The van der Waals surface area contributed by atoms with E-state index in [1.807, 2.05) is 6.07 Å². The molecule has 0 fully saturated rings. The standard InChI is InChI=1S/C18H19N5O3S/c24-18(19-10-15-11-20-21-12-15)22-16-6-8-17(9-7-16)23-27(25,26)13-14-4-2-1-3-5-14/h1-9,11-12,23H,10,13H2,(H,20,21)(H2,19,22,24). The van der Waals surface area contributed by atoms with Crippen LogP contribution in [-0.4, -0.2) is 24.6 Å². The Labute approximate surface area is 157 Å². The van der Waals surface area contributed by atoms with E-state index in [9.17, 15) is 13.2 Å². The largest absolute Gasteiger partial charge is 0.334 e. The Morgan fingerprint density at radius 3 is 2.33 bits per heavy atom. The summed E-state index contributed by atoms with van der Waals surface area (Å²) in [5, 5.41) is 11.8. The van der Waals surface area contributed by atoms with Crippen molar-refractivity contribution < 1.29 is 13.2 Å². The normalized spacial score (nSPS) is 11.0. The number of aromatic amines is 1. The minimum atomic E-state index is -3.52. The van der Waals surface area contributed by atoms with E-state index in [1.54, 1.807) is 60.9 Å². The molecule has 9 heteroatoms. The Morgan fingerprint density at radius 1 is 0.963 bits per heavy atom. The Morgan fingerprint density at radius 2 is 1.67 bits per heavy atom. The number of carbonyl (C=O) groups is 1. The number of urea groups is 1. The highest BCUT2D eigenvalue weighted by Crippen LogP contribution is 2.16. The lowest BCUT2D eigenvalue weighted by atomic mass is 10.2. The molecule has 0 saturated heterocycles. The average molecular weight is 385 g/mol. The molecule has 2 aromatic carbocycles. The van der Waals surface area contributed by atoms with Gasteiger partial charge in [-0.25, -0.2) is 13.2 Å². The zero-order valence-electron chi connectivity index (χ0n) is 14.3. The second-order valence-corrected chi connectivity index (χ2v) is 7.56. The Balaban J connectivity index is 1.52. The number of benzene rings is 2. The zero-order chi connectivity index (χ0) is 19.1. The minimum absolute atomic E-state index is 0.107. The van der Waals surface area contributed by atoms with Crippen molar-refractivity contribution in [1.29, 1.82) is 0 Å². The van der Waals surface area contributed by atoms with Crippen LogP contribution in [0.3, 0.4) is 0 Å². The first kappa shape index (κ1) is 18.5. The first-order chi connectivity index (χ1) is 13.0. The molecule has 8 nitrogen and oxygen atoms in total. The molecule has 140 valence electrons. The van der Waals surface area contributed by atoms with Gasteiger partial charge in [-0.15, -0.1) is 0 Å². The fraction of sp³-hybridized carbons (Fsp3) is 0.111. The van der Waals surface area contributed by atoms with Crippen molar-refractivity contribution in [1.82, 2.24) is 15.5 Å². The van der Waals surface area contributed by atoms with Crippen LogP contribution in [-0.2, 0) is 22.3 Å². The maximum atomic E-state index is 12.2. The van der Waals surface area contributed by atoms with Crippen LogP contribution < -0.4 is 15.4 Å². The van der Waals surface area contributed by atoms with E-state index in [-0.39, 0.29) is 11.8 Å². The fourth-order valence-electron chi connectivity index (χ4n) is 2.36. The summed E-state index contributed by atoms with van der Waals surface area (Å²) in [5.74, 6) is -0.107. The van der Waals surface area contributed by atoms with Gasteiger partial charge in [0.25, 0.3) is 0 Å². The summed E-state index contributed by atoms with van der Waals surface area (Å²) in [4.78, 5) is 11.9. The van der Waals surface area contributed by atoms with Crippen molar-refractivity contribution in [3.05, 3.63) is 78.1 Å². The van der Waals surface area contributed by atoms with E-state index >= 15 is 0 Å². The summed E-state index contributed by atoms with van der Waals surface area (Å²) >= 11 is 0. The van der Waals surface area contributed by atoms with Gasteiger partial charge in [-0.05, 0) is 29.8 Å². The minimum Gasteiger partial charge on any atom is -0.334 e. The number of hydrogen-bond acceptors (Lipinski definition) is 4. The van der Waals surface area contributed by atoms with Crippen molar-refractivity contribution in [2.75, 3.05) is 10.0 Å². The lowest BCUT2D eigenvalue weighted by molar-refractivity contribution is 0.251. The Bertz CT molecular complexity index is 972. The molecule has 0 radical (unpaired) electrons. The summed E-state index contributed by atoms with van der Waals surface area (Å²) in [6.07, 6.45) is 3.31. The van der Waals surface area contributed by atoms with Gasteiger partial charge in [0.05, 0.1) is 11.9 Å². The molecule has 0 unspecified atom stereocenters. The van der Waals surface area contributed by atoms with Gasteiger partial charge in [0.1, 0.15) is 0 Å². The second kappa shape index (κ2) is 8.37. The topological polar surface area (TPSA) is 116 Å². The molecular formula is C18H19N5O3S. The van der Waals surface area contributed by atoms with Gasteiger partial charge in [-0.2, -0.15) is 5.10 Å². The quantitative estimate of drug-likeness (QED) is 0.500. The number of anilines is 2. The van der Waals surface area contributed by atoms with Crippen LogP contribution in [0, 0.1) is 0 Å². The third-order valence-electron chi connectivity index (χ3n) is 3.62. The van der Waals surface area contributed by atoms with E-state index < -0.39 is 10.0 Å². The SMILES string of the molecule is O=C(NCc1cn[nH]c1)Nc1ccc(NS(=O)(=O)Cc2ccccc2)cc1. The van der Waals surface area contributed by atoms with Gasteiger partial charge in [0.2, 0.25) is 10.0 Å². The maximum Gasteiger partial charge on any atom is 0.319 e. The van der Waals surface area contributed by atoms with E-state index in [0.717, 1.165) is 5.56 Å². The van der Waals surface area contributed by atoms with Crippen LogP contribution in [0.2, 0.25) is 0 Å². The van der Waals surface area contributed by atoms with Crippen LogP contribution >= 0.6 is 0 Å². The number of aromatic nitrogens is 2. The second-order valence-electron chi connectivity index (χ2n) is 5.84. The molecule has 4 N–H and O–H groups in total. The van der Waals surface area contributed by atoms with Gasteiger partial charge in [-0.3, -0.25) is 9.82 Å². The summed E-state index contributed by atoms with van der Waals surface area (Å²) < 4.78 is 27.0. The highest BCUT2D eigenvalue weighted by Gasteiger charge is 2.11. The number of nitrogens with one attached hydrogen (secondary N) is 4. The van der Waals surface area contributed by atoms with Gasteiger partial charge in [0.15, 0.2) is 0 Å². The number of sulfonamides is 1. The van der Waals surface area contributed by atoms with E-state index in [4.69, 9.17) is 0 Å². The molecule has 2 amide bonds. The molecule has 0 aliphatic rings. The monoisotopic (exact) mass is 385 g/mol. The molecule has 0 saturated carbocycles. The van der Waals surface area contributed by atoms with E-state index in [0.29, 0.717) is 23.5 Å². The highest BCUT2D eigenvalue weighted by molar-refractivity contribution is 7.91. The molecule has 27 heavy (non-hydrogen) atoms. The van der Waals surface area contributed by atoms with Gasteiger partial charge < -0.3 is 10.6 Å². The van der Waals surface area contributed by atoms with Crippen molar-refractivity contribution in [3.8, 4) is 0 Å². The number of hydrogen-bond donors (Lipinski definition) is 4. The Kier molecular flexibility index (Phi) is 5.72. The summed E-state index contributed by atoms with van der Waals surface area (Å²) in [6.45, 7) is 0.347. The molecule has 0 bridgehead atoms. The van der Waals surface area contributed by atoms with Crippen LogP contribution in [0.25, 0.3) is 0 Å². The maximum absolute atomic E-state index is 12.2. The third-order valence-corrected chi connectivity index (χ3v) is 4.88. The van der Waals surface area contributed by atoms with Crippen LogP contribution in [0.5, 0.6) is 0 Å². The number of nitrogens with zero attached hydrogens (tertiary/aromatic N) is 1. The fourth-order valence-corrected chi connectivity index (χ4v) is 3.56.